The number of hydrogen-bond acceptors (Lipinski definition) is 1. The van der Waals surface area contributed by atoms with E-state index < -0.39 is 0 Å². The summed E-state index contributed by atoms with van der Waals surface area (Å²) in [5.41, 5.74) is 5.74. The molecule has 0 aromatic heterocycles. The number of ketones is 1. The average molecular weight is 375 g/mol. The van der Waals surface area contributed by atoms with Gasteiger partial charge in [-0.2, -0.15) is 0 Å². The van der Waals surface area contributed by atoms with Gasteiger partial charge in [-0.15, -0.1) is 0 Å². The summed E-state index contributed by atoms with van der Waals surface area (Å²) in [7, 11) is 0. The van der Waals surface area contributed by atoms with Crippen LogP contribution in [0.5, 0.6) is 0 Å². The molecule has 0 aliphatic rings. The lowest BCUT2D eigenvalue weighted by molar-refractivity contribution is -0.113. The van der Waals surface area contributed by atoms with E-state index in [1.165, 1.54) is 11.1 Å². The first-order valence-corrected chi connectivity index (χ1v) is 10.0. The third kappa shape index (κ3) is 5.79. The van der Waals surface area contributed by atoms with Crippen LogP contribution in [-0.4, -0.2) is 5.78 Å². The summed E-state index contributed by atoms with van der Waals surface area (Å²) < 4.78 is 0. The van der Waals surface area contributed by atoms with E-state index in [1.807, 2.05) is 0 Å². The summed E-state index contributed by atoms with van der Waals surface area (Å²) in [6.45, 7) is 16.8. The highest BCUT2D eigenvalue weighted by molar-refractivity contribution is 6.14. The monoisotopic (exact) mass is 374 g/mol. The third-order valence-electron chi connectivity index (χ3n) is 4.88. The van der Waals surface area contributed by atoms with Gasteiger partial charge in [0.25, 0.3) is 0 Å². The molecular formula is C27H34O. The Morgan fingerprint density at radius 3 is 1.14 bits per heavy atom. The average Bonchev–Trinajstić information content (AvgIpc) is 2.58. The first-order valence-electron chi connectivity index (χ1n) is 10.0. The Labute approximate surface area is 171 Å². The lowest BCUT2D eigenvalue weighted by Gasteiger charge is -2.28. The second kappa shape index (κ2) is 8.31. The molecule has 0 bridgehead atoms. The van der Waals surface area contributed by atoms with Gasteiger partial charge >= 0.3 is 0 Å². The number of carbonyl (C=O) groups excluding carboxylic acids is 1. The minimum atomic E-state index is -0.250. The fourth-order valence-corrected chi connectivity index (χ4v) is 3.05. The van der Waals surface area contributed by atoms with Crippen LogP contribution >= 0.6 is 0 Å². The molecule has 28 heavy (non-hydrogen) atoms. The molecule has 0 radical (unpaired) electrons. The maximum absolute atomic E-state index is 13.7. The van der Waals surface area contributed by atoms with E-state index in [9.17, 15) is 4.79 Å². The first kappa shape index (κ1) is 21.9. The molecule has 1 nitrogen and oxygen atoms in total. The quantitative estimate of drug-likeness (QED) is 0.508. The van der Waals surface area contributed by atoms with Crippen LogP contribution < -0.4 is 0 Å². The molecule has 0 atom stereocenters. The Morgan fingerprint density at radius 1 is 0.607 bits per heavy atom. The molecule has 0 aliphatic carbocycles. The summed E-state index contributed by atoms with van der Waals surface area (Å²) in [6, 6.07) is 16.7. The van der Waals surface area contributed by atoms with Gasteiger partial charge in [0.05, 0.1) is 0 Å². The molecule has 0 fully saturated rings. The Morgan fingerprint density at radius 2 is 0.893 bits per heavy atom. The maximum atomic E-state index is 13.7. The second-order valence-electron chi connectivity index (χ2n) is 9.77. The van der Waals surface area contributed by atoms with Crippen molar-refractivity contribution in [3.8, 4) is 0 Å². The molecule has 0 spiro atoms. The second-order valence-corrected chi connectivity index (χ2v) is 9.77. The molecule has 0 saturated heterocycles. The smallest absolute Gasteiger partial charge is 0.186 e. The predicted molar refractivity (Wildman–Crippen MR) is 122 cm³/mol. The van der Waals surface area contributed by atoms with Crippen LogP contribution in [0, 0.1) is 24.7 Å². The van der Waals surface area contributed by atoms with Crippen LogP contribution in [0.2, 0.25) is 0 Å². The van der Waals surface area contributed by atoms with E-state index in [4.69, 9.17) is 0 Å². The summed E-state index contributed by atoms with van der Waals surface area (Å²) in [6.07, 6.45) is 4.10. The van der Waals surface area contributed by atoms with E-state index in [0.29, 0.717) is 0 Å². The van der Waals surface area contributed by atoms with Crippen molar-refractivity contribution < 1.29 is 4.79 Å². The number of carbonyl (C=O) groups is 1. The highest BCUT2D eigenvalue weighted by Crippen LogP contribution is 2.36. The van der Waals surface area contributed by atoms with Gasteiger partial charge in [0.15, 0.2) is 5.78 Å². The number of Topliss-reactive ketones (excluding diaryl/α,β-unsaturated/α-hetero) is 1. The molecule has 0 saturated carbocycles. The SMILES string of the molecule is Cc1ccc(/C=C(/C(=O)/C(=C/c2ccc(C)cc2)C(C)(C)C)C(C)(C)C)cc1. The Balaban J connectivity index is 2.57. The number of allylic oxidation sites excluding steroid dienone is 2. The van der Waals surface area contributed by atoms with Crippen molar-refractivity contribution in [3.05, 3.63) is 81.9 Å². The van der Waals surface area contributed by atoms with E-state index in [2.05, 4.69) is 116 Å². The van der Waals surface area contributed by atoms with Gasteiger partial charge in [-0.05, 0) is 48.0 Å². The number of aryl methyl sites for hydroxylation is 2. The minimum Gasteiger partial charge on any atom is -0.289 e. The number of hydrogen-bond donors (Lipinski definition) is 0. The Bertz CT molecular complexity index is 802. The van der Waals surface area contributed by atoms with Crippen LogP contribution in [0.4, 0.5) is 0 Å². The molecule has 0 heterocycles. The van der Waals surface area contributed by atoms with Gasteiger partial charge in [-0.1, -0.05) is 101 Å². The molecule has 0 amide bonds. The van der Waals surface area contributed by atoms with Crippen LogP contribution in [0.1, 0.15) is 63.8 Å². The number of rotatable bonds is 4. The van der Waals surface area contributed by atoms with Gasteiger partial charge < -0.3 is 0 Å². The molecule has 0 unspecified atom stereocenters. The van der Waals surface area contributed by atoms with Crippen LogP contribution in [-0.2, 0) is 4.79 Å². The minimum absolute atomic E-state index is 0.126. The standard InChI is InChI=1S/C27H34O/c1-19-9-13-21(14-10-19)17-23(26(3,4)5)25(28)24(27(6,7)8)18-22-15-11-20(2)12-16-22/h9-18H,1-8H3/b23-17-,24-18-. The van der Waals surface area contributed by atoms with Crippen molar-refractivity contribution in [1.29, 1.82) is 0 Å². The van der Waals surface area contributed by atoms with Crippen molar-refractivity contribution in [3.63, 3.8) is 0 Å². The highest BCUT2D eigenvalue weighted by atomic mass is 16.1. The molecule has 148 valence electrons. The van der Waals surface area contributed by atoms with Gasteiger partial charge in [-0.25, -0.2) is 0 Å². The Kier molecular flexibility index (Phi) is 6.49. The normalized spacial score (nSPS) is 13.6. The summed E-state index contributed by atoms with van der Waals surface area (Å²) in [5.74, 6) is 0.126. The molecule has 0 N–H and O–H groups in total. The zero-order valence-electron chi connectivity index (χ0n) is 18.7. The first-order chi connectivity index (χ1) is 12.9. The zero-order chi connectivity index (χ0) is 21.1. The van der Waals surface area contributed by atoms with Crippen molar-refractivity contribution in [2.24, 2.45) is 10.8 Å². The largest absolute Gasteiger partial charge is 0.289 e. The van der Waals surface area contributed by atoms with Crippen molar-refractivity contribution in [2.45, 2.75) is 55.4 Å². The molecule has 2 rings (SSSR count). The molecule has 2 aromatic carbocycles. The van der Waals surface area contributed by atoms with E-state index in [-0.39, 0.29) is 16.6 Å². The summed E-state index contributed by atoms with van der Waals surface area (Å²) in [5, 5.41) is 0. The Hall–Kier alpha value is -2.41. The van der Waals surface area contributed by atoms with Crippen molar-refractivity contribution in [1.82, 2.24) is 0 Å². The van der Waals surface area contributed by atoms with E-state index >= 15 is 0 Å². The topological polar surface area (TPSA) is 17.1 Å². The third-order valence-corrected chi connectivity index (χ3v) is 4.88. The van der Waals surface area contributed by atoms with Gasteiger partial charge in [0.1, 0.15) is 0 Å². The van der Waals surface area contributed by atoms with Crippen LogP contribution in [0.3, 0.4) is 0 Å². The van der Waals surface area contributed by atoms with Gasteiger partial charge in [-0.3, -0.25) is 4.79 Å². The maximum Gasteiger partial charge on any atom is 0.186 e. The van der Waals surface area contributed by atoms with Crippen molar-refractivity contribution >= 4 is 17.9 Å². The van der Waals surface area contributed by atoms with Crippen LogP contribution in [0.25, 0.3) is 12.2 Å². The fourth-order valence-electron chi connectivity index (χ4n) is 3.05. The van der Waals surface area contributed by atoms with Gasteiger partial charge in [0.2, 0.25) is 0 Å². The van der Waals surface area contributed by atoms with Crippen LogP contribution in [0.15, 0.2) is 59.7 Å². The molecule has 1 heteroatoms. The van der Waals surface area contributed by atoms with Gasteiger partial charge in [0, 0.05) is 11.1 Å². The van der Waals surface area contributed by atoms with E-state index in [1.54, 1.807) is 0 Å². The fraction of sp³-hybridized carbons (Fsp3) is 0.370. The molecule has 0 aliphatic heterocycles. The highest BCUT2D eigenvalue weighted by Gasteiger charge is 2.31. The lowest BCUT2D eigenvalue weighted by Crippen LogP contribution is -2.25. The van der Waals surface area contributed by atoms with Crippen molar-refractivity contribution in [2.75, 3.05) is 0 Å². The molecule has 2 aromatic rings. The number of benzene rings is 2. The predicted octanol–water partition coefficient (Wildman–Crippen LogP) is 7.43. The van der Waals surface area contributed by atoms with E-state index in [0.717, 1.165) is 22.3 Å². The zero-order valence-corrected chi connectivity index (χ0v) is 18.7. The molecular weight excluding hydrogens is 340 g/mol. The summed E-state index contributed by atoms with van der Waals surface area (Å²) >= 11 is 0. The lowest BCUT2D eigenvalue weighted by atomic mass is 9.74. The summed E-state index contributed by atoms with van der Waals surface area (Å²) in [4.78, 5) is 13.7.